The van der Waals surface area contributed by atoms with Gasteiger partial charge in [-0.3, -0.25) is 0 Å². The highest BCUT2D eigenvalue weighted by atomic mass is 79.9. The second-order valence-electron chi connectivity index (χ2n) is 6.79. The Bertz CT molecular complexity index is 639. The van der Waals surface area contributed by atoms with Gasteiger partial charge in [-0.2, -0.15) is 0 Å². The number of nitrogens with one attached hydrogen (secondary N) is 2. The number of piperazine rings is 1. The Labute approximate surface area is 153 Å². The number of aryl methyl sites for hydroxylation is 1. The minimum atomic E-state index is 0.420. The summed E-state index contributed by atoms with van der Waals surface area (Å²) in [7, 11) is 0. The van der Waals surface area contributed by atoms with Gasteiger partial charge in [0.2, 0.25) is 0 Å². The van der Waals surface area contributed by atoms with Crippen LogP contribution in [-0.4, -0.2) is 37.8 Å². The quantitative estimate of drug-likeness (QED) is 0.676. The summed E-state index contributed by atoms with van der Waals surface area (Å²) in [5.74, 6) is 0.420. The van der Waals surface area contributed by atoms with E-state index in [9.17, 15) is 5.11 Å². The van der Waals surface area contributed by atoms with E-state index in [4.69, 9.17) is 0 Å². The van der Waals surface area contributed by atoms with Gasteiger partial charge < -0.3 is 14.9 Å². The lowest BCUT2D eigenvalue weighted by atomic mass is 10.1. The van der Waals surface area contributed by atoms with Crippen LogP contribution in [0.1, 0.15) is 17.5 Å². The third-order valence-electron chi connectivity index (χ3n) is 4.98. The van der Waals surface area contributed by atoms with Crippen molar-refractivity contribution in [3.8, 4) is 5.75 Å². The van der Waals surface area contributed by atoms with Gasteiger partial charge >= 0.3 is 0 Å². The molecule has 1 saturated heterocycles. The molecule has 4 heteroatoms. The highest BCUT2D eigenvalue weighted by Crippen LogP contribution is 2.20. The summed E-state index contributed by atoms with van der Waals surface area (Å²) in [5, 5.41) is 10.0. The number of phenols is 1. The Morgan fingerprint density at radius 1 is 0.917 bits per heavy atom. The molecule has 1 heterocycles. The van der Waals surface area contributed by atoms with Gasteiger partial charge in [0.15, 0.2) is 0 Å². The molecule has 2 aromatic carbocycles. The van der Waals surface area contributed by atoms with Crippen LogP contribution in [0, 0.1) is 0 Å². The van der Waals surface area contributed by atoms with Crippen LogP contribution in [0.3, 0.4) is 0 Å². The van der Waals surface area contributed by atoms with Crippen LogP contribution in [0.5, 0.6) is 5.75 Å². The van der Waals surface area contributed by atoms with Crippen LogP contribution in [0.15, 0.2) is 53.0 Å². The lowest BCUT2D eigenvalue weighted by Crippen LogP contribution is -3.27. The number of benzene rings is 2. The Hall–Kier alpha value is -1.36. The van der Waals surface area contributed by atoms with Crippen molar-refractivity contribution < 1.29 is 14.9 Å². The van der Waals surface area contributed by atoms with Gasteiger partial charge in [-0.25, -0.2) is 0 Å². The summed E-state index contributed by atoms with van der Waals surface area (Å²) in [4.78, 5) is 3.31. The third-order valence-corrected chi connectivity index (χ3v) is 5.48. The van der Waals surface area contributed by atoms with E-state index in [1.807, 2.05) is 12.1 Å². The van der Waals surface area contributed by atoms with Gasteiger partial charge in [-0.15, -0.1) is 0 Å². The van der Waals surface area contributed by atoms with Gasteiger partial charge in [-0.1, -0.05) is 46.3 Å². The van der Waals surface area contributed by atoms with Gasteiger partial charge in [0, 0.05) is 16.5 Å². The summed E-state index contributed by atoms with van der Waals surface area (Å²) < 4.78 is 1.04. The molecule has 2 aromatic rings. The normalized spacial score (nSPS) is 20.9. The molecule has 1 fully saturated rings. The largest absolute Gasteiger partial charge is 0.507 e. The first kappa shape index (κ1) is 17.5. The molecule has 1 aliphatic rings. The van der Waals surface area contributed by atoms with E-state index in [0.717, 1.165) is 16.6 Å². The summed E-state index contributed by atoms with van der Waals surface area (Å²) in [6.45, 7) is 7.03. The Morgan fingerprint density at radius 2 is 1.62 bits per heavy atom. The second kappa shape index (κ2) is 8.65. The molecule has 0 unspecified atom stereocenters. The number of phenolic OH excluding ortho intramolecular Hbond substituents is 1. The fourth-order valence-corrected chi connectivity index (χ4v) is 3.94. The maximum atomic E-state index is 10.0. The lowest BCUT2D eigenvalue weighted by molar-refractivity contribution is -1.02. The van der Waals surface area contributed by atoms with Crippen LogP contribution in [0.25, 0.3) is 0 Å². The second-order valence-corrected chi connectivity index (χ2v) is 7.70. The van der Waals surface area contributed by atoms with Gasteiger partial charge in [0.25, 0.3) is 0 Å². The van der Waals surface area contributed by atoms with Crippen molar-refractivity contribution in [1.82, 2.24) is 0 Å². The average molecular weight is 391 g/mol. The molecule has 0 saturated carbocycles. The summed E-state index contributed by atoms with van der Waals surface area (Å²) >= 11 is 3.49. The summed E-state index contributed by atoms with van der Waals surface area (Å²) in [5.41, 5.74) is 2.50. The third kappa shape index (κ3) is 5.07. The minimum Gasteiger partial charge on any atom is -0.507 e. The van der Waals surface area contributed by atoms with Crippen LogP contribution in [-0.2, 0) is 13.0 Å². The molecular weight excluding hydrogens is 364 g/mol. The molecule has 0 amide bonds. The SMILES string of the molecule is Oc1ccc(Br)cc1C[NH+]1CC[NH+](CCCc2ccccc2)CC1. The molecule has 3 rings (SSSR count). The van der Waals surface area contributed by atoms with E-state index in [2.05, 4.69) is 46.3 Å². The van der Waals surface area contributed by atoms with Crippen molar-refractivity contribution >= 4 is 15.9 Å². The van der Waals surface area contributed by atoms with E-state index >= 15 is 0 Å². The molecule has 128 valence electrons. The van der Waals surface area contributed by atoms with Crippen LogP contribution < -0.4 is 9.80 Å². The van der Waals surface area contributed by atoms with Gasteiger partial charge in [0.05, 0.1) is 6.54 Å². The van der Waals surface area contributed by atoms with Gasteiger partial charge in [0.1, 0.15) is 38.5 Å². The average Bonchev–Trinajstić information content (AvgIpc) is 2.61. The first-order valence-electron chi connectivity index (χ1n) is 8.89. The van der Waals surface area contributed by atoms with E-state index in [1.165, 1.54) is 51.1 Å². The molecule has 0 bridgehead atoms. The number of quaternary nitrogens is 2. The molecular formula is C20H27BrN2O+2. The standard InChI is InChI=1S/C20H25BrN2O/c21-19-8-9-20(24)18(15-19)16-23-13-11-22(12-14-23)10-4-7-17-5-2-1-3-6-17/h1-3,5-6,8-9,15,24H,4,7,10-14,16H2/p+2. The fraction of sp³-hybridized carbons (Fsp3) is 0.400. The number of halogens is 1. The van der Waals surface area contributed by atoms with Crippen molar-refractivity contribution in [2.45, 2.75) is 19.4 Å². The van der Waals surface area contributed by atoms with Crippen LogP contribution >= 0.6 is 15.9 Å². The molecule has 0 aromatic heterocycles. The maximum Gasteiger partial charge on any atom is 0.127 e. The zero-order chi connectivity index (χ0) is 16.8. The smallest absolute Gasteiger partial charge is 0.127 e. The van der Waals surface area contributed by atoms with E-state index in [-0.39, 0.29) is 0 Å². The lowest BCUT2D eigenvalue weighted by Gasteiger charge is -2.30. The number of aromatic hydroxyl groups is 1. The van der Waals surface area contributed by atoms with E-state index in [0.29, 0.717) is 5.75 Å². The first-order valence-corrected chi connectivity index (χ1v) is 9.68. The van der Waals surface area contributed by atoms with Crippen molar-refractivity contribution in [2.75, 3.05) is 32.7 Å². The predicted octanol–water partition coefficient (Wildman–Crippen LogP) is 1.07. The Kier molecular flexibility index (Phi) is 6.30. The molecule has 0 atom stereocenters. The van der Waals surface area contributed by atoms with Crippen LogP contribution in [0.2, 0.25) is 0 Å². The van der Waals surface area contributed by atoms with E-state index in [1.54, 1.807) is 15.9 Å². The van der Waals surface area contributed by atoms with Crippen molar-refractivity contribution in [3.63, 3.8) is 0 Å². The number of hydrogen-bond donors (Lipinski definition) is 3. The van der Waals surface area contributed by atoms with Gasteiger partial charge in [-0.05, 0) is 30.2 Å². The monoisotopic (exact) mass is 390 g/mol. The van der Waals surface area contributed by atoms with Crippen molar-refractivity contribution in [3.05, 3.63) is 64.1 Å². The zero-order valence-electron chi connectivity index (χ0n) is 14.1. The first-order chi connectivity index (χ1) is 11.7. The topological polar surface area (TPSA) is 29.1 Å². The molecule has 1 aliphatic heterocycles. The zero-order valence-corrected chi connectivity index (χ0v) is 15.7. The number of rotatable bonds is 6. The molecule has 0 spiro atoms. The summed E-state index contributed by atoms with van der Waals surface area (Å²) in [6, 6.07) is 16.5. The Morgan fingerprint density at radius 3 is 2.38 bits per heavy atom. The Balaban J connectivity index is 1.40. The molecule has 0 radical (unpaired) electrons. The summed E-state index contributed by atoms with van der Waals surface area (Å²) in [6.07, 6.45) is 2.45. The molecule has 24 heavy (non-hydrogen) atoms. The van der Waals surface area contributed by atoms with Crippen molar-refractivity contribution in [1.29, 1.82) is 0 Å². The van der Waals surface area contributed by atoms with E-state index < -0.39 is 0 Å². The highest BCUT2D eigenvalue weighted by Gasteiger charge is 2.23. The minimum absolute atomic E-state index is 0.420. The fourth-order valence-electron chi connectivity index (χ4n) is 3.54. The van der Waals surface area contributed by atoms with Crippen LogP contribution in [0.4, 0.5) is 0 Å². The highest BCUT2D eigenvalue weighted by molar-refractivity contribution is 9.10. The predicted molar refractivity (Wildman–Crippen MR) is 101 cm³/mol. The number of hydrogen-bond acceptors (Lipinski definition) is 1. The maximum absolute atomic E-state index is 10.0. The molecule has 3 nitrogen and oxygen atoms in total. The molecule has 0 aliphatic carbocycles. The van der Waals surface area contributed by atoms with Crippen molar-refractivity contribution in [2.24, 2.45) is 0 Å². The molecule has 3 N–H and O–H groups in total.